The normalized spacial score (nSPS) is 20.3. The number of nitrogens with zero attached hydrogens (tertiary/aromatic N) is 3. The van der Waals surface area contributed by atoms with E-state index in [9.17, 15) is 4.79 Å². The van der Waals surface area contributed by atoms with Crippen LogP contribution in [0.15, 0.2) is 0 Å². The number of aromatic nitrogens is 2. The Morgan fingerprint density at radius 3 is 2.80 bits per heavy atom. The Hall–Kier alpha value is -1.01. The van der Waals surface area contributed by atoms with Gasteiger partial charge in [0.1, 0.15) is 0 Å². The zero-order chi connectivity index (χ0) is 17.8. The number of thioether (sulfide) groups is 1. The maximum atomic E-state index is 13.0. The molecule has 5 nitrogen and oxygen atoms in total. The van der Waals surface area contributed by atoms with Gasteiger partial charge in [0.05, 0.1) is 0 Å². The zero-order valence-corrected chi connectivity index (χ0v) is 16.7. The van der Waals surface area contributed by atoms with Gasteiger partial charge >= 0.3 is 0 Å². The number of carbonyl (C=O) groups is 1. The lowest BCUT2D eigenvalue weighted by molar-refractivity contribution is 0.0784. The van der Waals surface area contributed by atoms with Crippen LogP contribution in [0, 0.1) is 5.92 Å². The molecule has 1 unspecified atom stereocenters. The Morgan fingerprint density at radius 2 is 2.12 bits per heavy atom. The molecule has 2 aliphatic rings. The molecule has 1 atom stereocenters. The molecule has 6 heteroatoms. The van der Waals surface area contributed by atoms with Crippen molar-refractivity contribution < 1.29 is 4.79 Å². The summed E-state index contributed by atoms with van der Waals surface area (Å²) in [6.07, 6.45) is 7.50. The fraction of sp³-hybridized carbons (Fsp3) is 0.789. The minimum absolute atomic E-state index is 0.154. The summed E-state index contributed by atoms with van der Waals surface area (Å²) in [4.78, 5) is 15.0. The fourth-order valence-electron chi connectivity index (χ4n) is 3.97. The average molecular weight is 365 g/mol. The standard InChI is InChI=1S/C19H32N4OS/c1-14(2)13-23-17-7-6-15(20-8-11-25-3)12-16(17)18(21-23)19(24)22-9-4-5-10-22/h14-15,20H,4-13H2,1-3H3. The first-order valence-corrected chi connectivity index (χ1v) is 11.1. The highest BCUT2D eigenvalue weighted by Crippen LogP contribution is 2.27. The van der Waals surface area contributed by atoms with E-state index in [0.717, 1.165) is 69.7 Å². The van der Waals surface area contributed by atoms with Crippen molar-refractivity contribution in [1.29, 1.82) is 0 Å². The Labute approximate surface area is 155 Å². The second-order valence-corrected chi connectivity index (χ2v) is 8.72. The molecule has 0 bridgehead atoms. The highest BCUT2D eigenvalue weighted by molar-refractivity contribution is 7.98. The topological polar surface area (TPSA) is 50.2 Å². The van der Waals surface area contributed by atoms with Gasteiger partial charge in [-0.1, -0.05) is 13.8 Å². The second-order valence-electron chi connectivity index (χ2n) is 7.74. The van der Waals surface area contributed by atoms with E-state index < -0.39 is 0 Å². The van der Waals surface area contributed by atoms with Crippen molar-refractivity contribution >= 4 is 17.7 Å². The first-order chi connectivity index (χ1) is 12.1. The molecular weight excluding hydrogens is 332 g/mol. The number of rotatable bonds is 7. The summed E-state index contributed by atoms with van der Waals surface area (Å²) in [5.74, 6) is 1.83. The van der Waals surface area contributed by atoms with Crippen LogP contribution in [0.5, 0.6) is 0 Å². The van der Waals surface area contributed by atoms with E-state index in [2.05, 4.69) is 30.1 Å². The highest BCUT2D eigenvalue weighted by Gasteiger charge is 2.31. The molecular formula is C19H32N4OS. The lowest BCUT2D eigenvalue weighted by Crippen LogP contribution is -2.37. The van der Waals surface area contributed by atoms with E-state index in [0.29, 0.717) is 12.0 Å². The van der Waals surface area contributed by atoms with E-state index in [1.165, 1.54) is 11.3 Å². The van der Waals surface area contributed by atoms with Crippen molar-refractivity contribution in [2.24, 2.45) is 5.92 Å². The van der Waals surface area contributed by atoms with E-state index in [1.54, 1.807) is 0 Å². The van der Waals surface area contributed by atoms with Crippen LogP contribution < -0.4 is 5.32 Å². The van der Waals surface area contributed by atoms with Crippen molar-refractivity contribution in [3.63, 3.8) is 0 Å². The van der Waals surface area contributed by atoms with Crippen LogP contribution in [0.2, 0.25) is 0 Å². The van der Waals surface area contributed by atoms with Gasteiger partial charge < -0.3 is 10.2 Å². The van der Waals surface area contributed by atoms with E-state index in [1.807, 2.05) is 16.7 Å². The predicted octanol–water partition coefficient (Wildman–Crippen LogP) is 2.59. The number of carbonyl (C=O) groups excluding carboxylic acids is 1. The zero-order valence-electron chi connectivity index (χ0n) is 15.9. The van der Waals surface area contributed by atoms with Crippen molar-refractivity contribution in [2.75, 3.05) is 31.6 Å². The molecule has 1 aromatic heterocycles. The second kappa shape index (κ2) is 8.58. The molecule has 140 valence electrons. The van der Waals surface area contributed by atoms with Crippen molar-refractivity contribution in [1.82, 2.24) is 20.0 Å². The number of nitrogens with one attached hydrogen (secondary N) is 1. The van der Waals surface area contributed by atoms with Gasteiger partial charge in [-0.2, -0.15) is 16.9 Å². The van der Waals surface area contributed by atoms with Gasteiger partial charge in [0.15, 0.2) is 5.69 Å². The molecule has 1 saturated heterocycles. The lowest BCUT2D eigenvalue weighted by Gasteiger charge is -2.25. The Morgan fingerprint density at radius 1 is 1.36 bits per heavy atom. The van der Waals surface area contributed by atoms with Crippen LogP contribution >= 0.6 is 11.8 Å². The molecule has 1 fully saturated rings. The summed E-state index contributed by atoms with van der Waals surface area (Å²) in [7, 11) is 0. The summed E-state index contributed by atoms with van der Waals surface area (Å²) >= 11 is 1.87. The third kappa shape index (κ3) is 4.40. The predicted molar refractivity (Wildman–Crippen MR) is 104 cm³/mol. The van der Waals surface area contributed by atoms with Crippen molar-refractivity contribution in [3.05, 3.63) is 17.0 Å². The van der Waals surface area contributed by atoms with Gasteiger partial charge in [-0.15, -0.1) is 0 Å². The minimum Gasteiger partial charge on any atom is -0.337 e. The molecule has 3 rings (SSSR count). The summed E-state index contributed by atoms with van der Waals surface area (Å²) in [5.41, 5.74) is 3.25. The fourth-order valence-corrected chi connectivity index (χ4v) is 4.29. The number of likely N-dealkylation sites (tertiary alicyclic amines) is 1. The van der Waals surface area contributed by atoms with E-state index in [4.69, 9.17) is 5.10 Å². The Balaban J connectivity index is 1.82. The van der Waals surface area contributed by atoms with Gasteiger partial charge in [-0.25, -0.2) is 0 Å². The van der Waals surface area contributed by atoms with E-state index in [-0.39, 0.29) is 5.91 Å². The third-order valence-corrected chi connectivity index (χ3v) is 5.83. The Kier molecular flexibility index (Phi) is 6.44. The average Bonchev–Trinajstić information content (AvgIpc) is 3.23. The molecule has 0 aromatic carbocycles. The van der Waals surface area contributed by atoms with Crippen LogP contribution in [0.25, 0.3) is 0 Å². The van der Waals surface area contributed by atoms with Gasteiger partial charge in [-0.05, 0) is 44.3 Å². The molecule has 1 aliphatic carbocycles. The maximum Gasteiger partial charge on any atom is 0.274 e. The number of hydrogen-bond donors (Lipinski definition) is 1. The smallest absolute Gasteiger partial charge is 0.274 e. The summed E-state index contributed by atoms with van der Waals surface area (Å²) in [6.45, 7) is 8.15. The summed E-state index contributed by atoms with van der Waals surface area (Å²) in [6, 6.07) is 0.474. The molecule has 1 aromatic rings. The molecule has 1 aliphatic heterocycles. The van der Waals surface area contributed by atoms with Gasteiger partial charge in [0.25, 0.3) is 5.91 Å². The van der Waals surface area contributed by atoms with Crippen LogP contribution in [-0.4, -0.2) is 58.3 Å². The molecule has 0 saturated carbocycles. The van der Waals surface area contributed by atoms with Crippen LogP contribution in [0.4, 0.5) is 0 Å². The first kappa shape index (κ1) is 18.8. The quantitative estimate of drug-likeness (QED) is 0.756. The highest BCUT2D eigenvalue weighted by atomic mass is 32.2. The first-order valence-electron chi connectivity index (χ1n) is 9.70. The Bertz CT molecular complexity index is 592. The van der Waals surface area contributed by atoms with Crippen LogP contribution in [-0.2, 0) is 19.4 Å². The molecule has 25 heavy (non-hydrogen) atoms. The molecule has 0 spiro atoms. The minimum atomic E-state index is 0.154. The van der Waals surface area contributed by atoms with E-state index >= 15 is 0 Å². The monoisotopic (exact) mass is 364 g/mol. The van der Waals surface area contributed by atoms with Crippen molar-refractivity contribution in [3.8, 4) is 0 Å². The van der Waals surface area contributed by atoms with Crippen molar-refractivity contribution in [2.45, 2.75) is 58.5 Å². The third-order valence-electron chi connectivity index (χ3n) is 5.22. The largest absolute Gasteiger partial charge is 0.337 e. The molecule has 2 heterocycles. The van der Waals surface area contributed by atoms with Gasteiger partial charge in [0, 0.05) is 49.2 Å². The summed E-state index contributed by atoms with van der Waals surface area (Å²) < 4.78 is 2.13. The summed E-state index contributed by atoms with van der Waals surface area (Å²) in [5, 5.41) is 8.47. The van der Waals surface area contributed by atoms with Gasteiger partial charge in [-0.3, -0.25) is 9.48 Å². The number of amides is 1. The number of hydrogen-bond acceptors (Lipinski definition) is 4. The molecule has 1 N–H and O–H groups in total. The molecule has 1 amide bonds. The lowest BCUT2D eigenvalue weighted by atomic mass is 9.91. The van der Waals surface area contributed by atoms with Crippen LogP contribution in [0.3, 0.4) is 0 Å². The van der Waals surface area contributed by atoms with Crippen LogP contribution in [0.1, 0.15) is 54.9 Å². The molecule has 0 radical (unpaired) electrons. The number of fused-ring (bicyclic) bond motifs is 1. The SMILES string of the molecule is CSCCNC1CCc2c(c(C(=O)N3CCCC3)nn2CC(C)C)C1. The van der Waals surface area contributed by atoms with Gasteiger partial charge in [0.2, 0.25) is 0 Å². The maximum absolute atomic E-state index is 13.0.